The van der Waals surface area contributed by atoms with Crippen molar-refractivity contribution in [1.82, 2.24) is 15.1 Å². The molecule has 0 aliphatic carbocycles. The van der Waals surface area contributed by atoms with E-state index < -0.39 is 6.04 Å². The molecule has 1 spiro atoms. The van der Waals surface area contributed by atoms with Gasteiger partial charge >= 0.3 is 0 Å². The molecule has 30 heavy (non-hydrogen) atoms. The summed E-state index contributed by atoms with van der Waals surface area (Å²) >= 11 is 0. The summed E-state index contributed by atoms with van der Waals surface area (Å²) < 4.78 is 5.82. The van der Waals surface area contributed by atoms with Gasteiger partial charge in [-0.1, -0.05) is 12.1 Å². The minimum atomic E-state index is -0.589. The summed E-state index contributed by atoms with van der Waals surface area (Å²) in [4.78, 5) is 40.9. The second-order valence-corrected chi connectivity index (χ2v) is 9.07. The SMILES string of the molecule is NC1CN(Cc2cccc3c2CN(C2CCC(=O)NC2=O)C3=O)C2(CCCOC2)C1. The van der Waals surface area contributed by atoms with E-state index in [1.165, 1.54) is 0 Å². The van der Waals surface area contributed by atoms with Crippen LogP contribution in [0.1, 0.15) is 53.6 Å². The lowest BCUT2D eigenvalue weighted by molar-refractivity contribution is -0.136. The van der Waals surface area contributed by atoms with Gasteiger partial charge in [-0.25, -0.2) is 0 Å². The molecule has 0 bridgehead atoms. The molecule has 8 nitrogen and oxygen atoms in total. The molecule has 3 fully saturated rings. The van der Waals surface area contributed by atoms with Crippen molar-refractivity contribution >= 4 is 17.7 Å². The van der Waals surface area contributed by atoms with Crippen LogP contribution in [0.5, 0.6) is 0 Å². The smallest absolute Gasteiger partial charge is 0.255 e. The minimum Gasteiger partial charge on any atom is -0.380 e. The number of nitrogens with one attached hydrogen (secondary N) is 1. The maximum atomic E-state index is 13.1. The molecule has 0 saturated carbocycles. The topological polar surface area (TPSA) is 105 Å². The number of carbonyl (C=O) groups is 3. The first-order valence-corrected chi connectivity index (χ1v) is 10.8. The van der Waals surface area contributed by atoms with E-state index in [-0.39, 0.29) is 35.7 Å². The lowest BCUT2D eigenvalue weighted by Gasteiger charge is -2.41. The van der Waals surface area contributed by atoms with Crippen molar-refractivity contribution in [2.75, 3.05) is 19.8 Å². The van der Waals surface area contributed by atoms with Crippen LogP contribution in [0.4, 0.5) is 0 Å². The van der Waals surface area contributed by atoms with Crippen molar-refractivity contribution in [3.63, 3.8) is 0 Å². The molecule has 1 aromatic rings. The Morgan fingerprint density at radius 3 is 2.90 bits per heavy atom. The number of likely N-dealkylation sites (tertiary alicyclic amines) is 1. The summed E-state index contributed by atoms with van der Waals surface area (Å²) in [6.45, 7) is 3.45. The fourth-order valence-corrected chi connectivity index (χ4v) is 5.64. The van der Waals surface area contributed by atoms with Gasteiger partial charge in [0.2, 0.25) is 11.8 Å². The molecule has 3 atom stereocenters. The largest absolute Gasteiger partial charge is 0.380 e. The van der Waals surface area contributed by atoms with Gasteiger partial charge in [0, 0.05) is 49.8 Å². The lowest BCUT2D eigenvalue weighted by Crippen LogP contribution is -2.52. The Morgan fingerprint density at radius 2 is 2.13 bits per heavy atom. The van der Waals surface area contributed by atoms with E-state index in [0.29, 0.717) is 25.1 Å². The summed E-state index contributed by atoms with van der Waals surface area (Å²) in [7, 11) is 0. The predicted molar refractivity (Wildman–Crippen MR) is 108 cm³/mol. The number of carbonyl (C=O) groups excluding carboxylic acids is 3. The number of rotatable bonds is 3. The number of imide groups is 1. The van der Waals surface area contributed by atoms with E-state index in [2.05, 4.69) is 16.3 Å². The third kappa shape index (κ3) is 3.23. The van der Waals surface area contributed by atoms with Gasteiger partial charge < -0.3 is 15.4 Å². The fourth-order valence-electron chi connectivity index (χ4n) is 5.64. The number of benzene rings is 1. The van der Waals surface area contributed by atoms with Crippen LogP contribution in [0.15, 0.2) is 18.2 Å². The molecule has 4 aliphatic heterocycles. The number of hydrogen-bond donors (Lipinski definition) is 2. The van der Waals surface area contributed by atoms with E-state index in [1.807, 2.05) is 12.1 Å². The quantitative estimate of drug-likeness (QED) is 0.702. The molecule has 3 unspecified atom stereocenters. The molecular weight excluding hydrogens is 384 g/mol. The van der Waals surface area contributed by atoms with Crippen LogP contribution in [0.2, 0.25) is 0 Å². The molecule has 3 saturated heterocycles. The average Bonchev–Trinajstić information content (AvgIpc) is 3.20. The van der Waals surface area contributed by atoms with Crippen molar-refractivity contribution in [3.8, 4) is 0 Å². The zero-order valence-corrected chi connectivity index (χ0v) is 17.1. The van der Waals surface area contributed by atoms with Crippen LogP contribution in [0.3, 0.4) is 0 Å². The molecule has 160 valence electrons. The highest BCUT2D eigenvalue weighted by Gasteiger charge is 2.46. The summed E-state index contributed by atoms with van der Waals surface area (Å²) in [5.41, 5.74) is 9.07. The van der Waals surface area contributed by atoms with Gasteiger partial charge in [0.05, 0.1) is 6.61 Å². The molecular formula is C22H28N4O4. The molecule has 0 radical (unpaired) electrons. The molecule has 1 aromatic carbocycles. The van der Waals surface area contributed by atoms with Crippen LogP contribution in [0.25, 0.3) is 0 Å². The first-order valence-electron chi connectivity index (χ1n) is 10.8. The number of fused-ring (bicyclic) bond motifs is 1. The van der Waals surface area contributed by atoms with E-state index in [4.69, 9.17) is 10.5 Å². The van der Waals surface area contributed by atoms with Gasteiger partial charge in [0.15, 0.2) is 0 Å². The monoisotopic (exact) mass is 412 g/mol. The van der Waals surface area contributed by atoms with Gasteiger partial charge in [0.1, 0.15) is 6.04 Å². The molecule has 4 heterocycles. The number of nitrogens with two attached hydrogens (primary N) is 1. The third-order valence-corrected chi connectivity index (χ3v) is 7.11. The zero-order chi connectivity index (χ0) is 20.9. The summed E-state index contributed by atoms with van der Waals surface area (Å²) in [5.74, 6) is -0.778. The second kappa shape index (κ2) is 7.44. The summed E-state index contributed by atoms with van der Waals surface area (Å²) in [5, 5.41) is 2.36. The number of ether oxygens (including phenoxy) is 1. The number of hydrogen-bond acceptors (Lipinski definition) is 6. The zero-order valence-electron chi connectivity index (χ0n) is 17.1. The van der Waals surface area contributed by atoms with E-state index in [9.17, 15) is 14.4 Å². The van der Waals surface area contributed by atoms with Gasteiger partial charge in [-0.3, -0.25) is 24.6 Å². The van der Waals surface area contributed by atoms with Crippen LogP contribution in [-0.2, 0) is 27.4 Å². The first-order chi connectivity index (χ1) is 14.5. The van der Waals surface area contributed by atoms with Crippen molar-refractivity contribution in [2.24, 2.45) is 5.73 Å². The van der Waals surface area contributed by atoms with Gasteiger partial charge in [-0.2, -0.15) is 0 Å². The van der Waals surface area contributed by atoms with Crippen LogP contribution in [-0.4, -0.2) is 64.9 Å². The molecule has 8 heteroatoms. The maximum absolute atomic E-state index is 13.1. The van der Waals surface area contributed by atoms with E-state index in [0.717, 1.165) is 50.1 Å². The summed E-state index contributed by atoms with van der Waals surface area (Å²) in [6, 6.07) is 5.36. The van der Waals surface area contributed by atoms with Gasteiger partial charge in [-0.05, 0) is 42.9 Å². The molecule has 5 rings (SSSR count). The molecule has 3 amide bonds. The van der Waals surface area contributed by atoms with Crippen molar-refractivity contribution < 1.29 is 19.1 Å². The molecule has 0 aromatic heterocycles. The van der Waals surface area contributed by atoms with Gasteiger partial charge in [0.25, 0.3) is 5.91 Å². The Bertz CT molecular complexity index is 895. The Hall–Kier alpha value is -2.29. The van der Waals surface area contributed by atoms with Crippen LogP contribution >= 0.6 is 0 Å². The normalized spacial score (nSPS) is 32.0. The Morgan fingerprint density at radius 1 is 1.27 bits per heavy atom. The molecule has 4 aliphatic rings. The van der Waals surface area contributed by atoms with Crippen molar-refractivity contribution in [1.29, 1.82) is 0 Å². The standard InChI is InChI=1S/C22H28N4O4/c23-15-9-22(7-2-8-30-13-22)25(11-15)10-14-3-1-4-16-17(14)12-26(21(16)29)18-5-6-19(27)24-20(18)28/h1,3-4,15,18H,2,5-13,23H2,(H,24,27,28). The molecule has 3 N–H and O–H groups in total. The third-order valence-electron chi connectivity index (χ3n) is 7.11. The minimum absolute atomic E-state index is 0.0215. The first kappa shape index (κ1) is 19.7. The van der Waals surface area contributed by atoms with E-state index in [1.54, 1.807) is 4.90 Å². The Balaban J connectivity index is 1.39. The highest BCUT2D eigenvalue weighted by Crippen LogP contribution is 2.38. The number of nitrogens with zero attached hydrogens (tertiary/aromatic N) is 2. The Labute approximate surface area is 175 Å². The van der Waals surface area contributed by atoms with E-state index >= 15 is 0 Å². The maximum Gasteiger partial charge on any atom is 0.255 e. The highest BCUT2D eigenvalue weighted by molar-refractivity contribution is 6.05. The van der Waals surface area contributed by atoms with Gasteiger partial charge in [-0.15, -0.1) is 0 Å². The second-order valence-electron chi connectivity index (χ2n) is 9.07. The number of piperidine rings is 1. The highest BCUT2D eigenvalue weighted by atomic mass is 16.5. The fraction of sp³-hybridized carbons (Fsp3) is 0.591. The van der Waals surface area contributed by atoms with Crippen LogP contribution in [0, 0.1) is 0 Å². The van der Waals surface area contributed by atoms with Crippen molar-refractivity contribution in [3.05, 3.63) is 34.9 Å². The summed E-state index contributed by atoms with van der Waals surface area (Å²) in [6.07, 6.45) is 3.69. The predicted octanol–water partition coefficient (Wildman–Crippen LogP) is 0.530. The number of amides is 3. The van der Waals surface area contributed by atoms with Crippen LogP contribution < -0.4 is 11.1 Å². The average molecular weight is 412 g/mol. The Kier molecular flexibility index (Phi) is 4.88. The lowest BCUT2D eigenvalue weighted by atomic mass is 9.88. The van der Waals surface area contributed by atoms with Crippen molar-refractivity contribution in [2.45, 2.75) is 62.8 Å².